The molecule has 1 aliphatic carbocycles. The van der Waals surface area contributed by atoms with Gasteiger partial charge in [0, 0.05) is 6.42 Å². The maximum Gasteiger partial charge on any atom is 0.164 e. The van der Waals surface area contributed by atoms with Crippen LogP contribution < -0.4 is 0 Å². The van der Waals surface area contributed by atoms with Gasteiger partial charge in [-0.1, -0.05) is 0 Å². The molecular weight excluding hydrogens is 136 g/mol. The molecule has 0 unspecified atom stereocenters. The highest BCUT2D eigenvalue weighted by Crippen LogP contribution is 2.15. The van der Waals surface area contributed by atoms with E-state index < -0.39 is 24.1 Å². The van der Waals surface area contributed by atoms with Crippen molar-refractivity contribution in [3.05, 3.63) is 0 Å². The lowest BCUT2D eigenvalue weighted by molar-refractivity contribution is -0.146. The summed E-state index contributed by atoms with van der Waals surface area (Å²) >= 11 is 0. The van der Waals surface area contributed by atoms with Crippen LogP contribution in [0, 0.1) is 0 Å². The van der Waals surface area contributed by atoms with Gasteiger partial charge in [-0.25, -0.2) is 0 Å². The SMILES string of the molecule is O=C1CC[C@H](O)[C@@H](O)[C@@H]1O. The second kappa shape index (κ2) is 2.65. The van der Waals surface area contributed by atoms with Gasteiger partial charge < -0.3 is 15.3 Å². The van der Waals surface area contributed by atoms with Crippen molar-refractivity contribution in [1.82, 2.24) is 0 Å². The standard InChI is InChI=1S/C6H10O4/c7-3-1-2-4(8)6(10)5(3)9/h3,5-7,9-10H,1-2H2/t3-,5+,6+/m0/s1. The van der Waals surface area contributed by atoms with E-state index in [2.05, 4.69) is 0 Å². The zero-order valence-corrected chi connectivity index (χ0v) is 5.40. The van der Waals surface area contributed by atoms with E-state index in [1.165, 1.54) is 0 Å². The summed E-state index contributed by atoms with van der Waals surface area (Å²) in [5, 5.41) is 26.7. The maximum absolute atomic E-state index is 10.6. The summed E-state index contributed by atoms with van der Waals surface area (Å²) < 4.78 is 0. The van der Waals surface area contributed by atoms with Crippen LogP contribution in [-0.4, -0.2) is 39.4 Å². The number of carbonyl (C=O) groups excluding carboxylic acids is 1. The molecule has 0 aliphatic heterocycles. The summed E-state index contributed by atoms with van der Waals surface area (Å²) in [4.78, 5) is 10.6. The summed E-state index contributed by atoms with van der Waals surface area (Å²) in [6.45, 7) is 0. The molecule has 1 aliphatic rings. The van der Waals surface area contributed by atoms with Gasteiger partial charge in [0.15, 0.2) is 5.78 Å². The highest BCUT2D eigenvalue weighted by atomic mass is 16.4. The summed E-state index contributed by atoms with van der Waals surface area (Å²) in [5.74, 6) is -0.391. The van der Waals surface area contributed by atoms with Gasteiger partial charge in [0.1, 0.15) is 12.2 Å². The van der Waals surface area contributed by atoms with Gasteiger partial charge in [-0.2, -0.15) is 0 Å². The molecular formula is C6H10O4. The van der Waals surface area contributed by atoms with E-state index in [9.17, 15) is 4.79 Å². The Balaban J connectivity index is 2.60. The fourth-order valence-corrected chi connectivity index (χ4v) is 1.01. The van der Waals surface area contributed by atoms with E-state index in [1.807, 2.05) is 0 Å². The van der Waals surface area contributed by atoms with Crippen molar-refractivity contribution in [2.45, 2.75) is 31.2 Å². The van der Waals surface area contributed by atoms with Gasteiger partial charge in [0.25, 0.3) is 0 Å². The van der Waals surface area contributed by atoms with Gasteiger partial charge in [-0.15, -0.1) is 0 Å². The van der Waals surface area contributed by atoms with Crippen LogP contribution in [0.4, 0.5) is 0 Å². The normalized spacial score (nSPS) is 41.9. The van der Waals surface area contributed by atoms with Crippen LogP contribution in [0.3, 0.4) is 0 Å². The van der Waals surface area contributed by atoms with Crippen LogP contribution in [0.2, 0.25) is 0 Å². The third kappa shape index (κ3) is 1.18. The van der Waals surface area contributed by atoms with Crippen molar-refractivity contribution in [2.24, 2.45) is 0 Å². The van der Waals surface area contributed by atoms with Gasteiger partial charge in [0.05, 0.1) is 6.10 Å². The van der Waals surface area contributed by atoms with Crippen LogP contribution >= 0.6 is 0 Å². The van der Waals surface area contributed by atoms with E-state index >= 15 is 0 Å². The number of carbonyl (C=O) groups is 1. The molecule has 3 atom stereocenters. The molecule has 0 bridgehead atoms. The van der Waals surface area contributed by atoms with Crippen molar-refractivity contribution < 1.29 is 20.1 Å². The lowest BCUT2D eigenvalue weighted by Crippen LogP contribution is -2.46. The van der Waals surface area contributed by atoms with E-state index in [1.54, 1.807) is 0 Å². The number of aliphatic hydroxyl groups excluding tert-OH is 3. The summed E-state index contributed by atoms with van der Waals surface area (Å²) in [5.41, 5.74) is 0. The Morgan fingerprint density at radius 3 is 2.40 bits per heavy atom. The quantitative estimate of drug-likeness (QED) is 0.386. The average Bonchev–Trinajstić information content (AvgIpc) is 1.93. The number of rotatable bonds is 0. The molecule has 0 aromatic carbocycles. The molecule has 4 heteroatoms. The first-order valence-corrected chi connectivity index (χ1v) is 3.20. The van der Waals surface area contributed by atoms with E-state index in [0.29, 0.717) is 0 Å². The Morgan fingerprint density at radius 2 is 1.90 bits per heavy atom. The smallest absolute Gasteiger partial charge is 0.164 e. The molecule has 0 amide bonds. The monoisotopic (exact) mass is 146 g/mol. The fraction of sp³-hybridized carbons (Fsp3) is 0.833. The average molecular weight is 146 g/mol. The highest BCUT2D eigenvalue weighted by Gasteiger charge is 2.34. The van der Waals surface area contributed by atoms with Crippen molar-refractivity contribution >= 4 is 5.78 Å². The molecule has 1 saturated carbocycles. The molecule has 0 aromatic rings. The first-order valence-electron chi connectivity index (χ1n) is 3.20. The third-order valence-electron chi connectivity index (χ3n) is 1.73. The minimum absolute atomic E-state index is 0.152. The summed E-state index contributed by atoms with van der Waals surface area (Å²) in [6.07, 6.45) is -3.23. The molecule has 0 radical (unpaired) electrons. The van der Waals surface area contributed by atoms with Gasteiger partial charge in [-0.3, -0.25) is 4.79 Å². The van der Waals surface area contributed by atoms with Crippen LogP contribution in [0.5, 0.6) is 0 Å². The predicted molar refractivity (Wildman–Crippen MR) is 32.3 cm³/mol. The zero-order chi connectivity index (χ0) is 7.72. The van der Waals surface area contributed by atoms with E-state index in [4.69, 9.17) is 15.3 Å². The number of Topliss-reactive ketones (excluding diaryl/α,β-unsaturated/α-hetero) is 1. The Bertz CT molecular complexity index is 145. The Hall–Kier alpha value is -0.450. The van der Waals surface area contributed by atoms with Crippen molar-refractivity contribution in [1.29, 1.82) is 0 Å². The second-order valence-electron chi connectivity index (χ2n) is 2.51. The number of hydrogen-bond acceptors (Lipinski definition) is 4. The Labute approximate surface area is 58.1 Å². The van der Waals surface area contributed by atoms with Crippen LogP contribution in [0.1, 0.15) is 12.8 Å². The number of ketones is 1. The van der Waals surface area contributed by atoms with Gasteiger partial charge in [0.2, 0.25) is 0 Å². The molecule has 0 aromatic heterocycles. The number of aliphatic hydroxyl groups is 3. The van der Waals surface area contributed by atoms with Crippen molar-refractivity contribution in [3.63, 3.8) is 0 Å². The minimum atomic E-state index is -1.39. The van der Waals surface area contributed by atoms with Crippen LogP contribution in [0.25, 0.3) is 0 Å². The molecule has 1 rings (SSSR count). The largest absolute Gasteiger partial charge is 0.390 e. The first kappa shape index (κ1) is 7.65. The second-order valence-corrected chi connectivity index (χ2v) is 2.51. The lowest BCUT2D eigenvalue weighted by atomic mass is 9.91. The third-order valence-corrected chi connectivity index (χ3v) is 1.73. The predicted octanol–water partition coefficient (Wildman–Crippen LogP) is -1.57. The fourth-order valence-electron chi connectivity index (χ4n) is 1.01. The summed E-state index contributed by atoms with van der Waals surface area (Å²) in [7, 11) is 0. The Morgan fingerprint density at radius 1 is 1.30 bits per heavy atom. The zero-order valence-electron chi connectivity index (χ0n) is 5.40. The molecule has 58 valence electrons. The lowest BCUT2D eigenvalue weighted by Gasteiger charge is -2.26. The maximum atomic E-state index is 10.6. The molecule has 10 heavy (non-hydrogen) atoms. The molecule has 0 spiro atoms. The first-order chi connectivity index (χ1) is 4.63. The van der Waals surface area contributed by atoms with Crippen LogP contribution in [0.15, 0.2) is 0 Å². The molecule has 1 fully saturated rings. The van der Waals surface area contributed by atoms with Gasteiger partial charge in [-0.05, 0) is 6.42 Å². The van der Waals surface area contributed by atoms with E-state index in [0.717, 1.165) is 0 Å². The Kier molecular flexibility index (Phi) is 2.03. The summed E-state index contributed by atoms with van der Waals surface area (Å²) in [6, 6.07) is 0. The van der Waals surface area contributed by atoms with Crippen LogP contribution in [-0.2, 0) is 4.79 Å². The van der Waals surface area contributed by atoms with Crippen molar-refractivity contribution in [3.8, 4) is 0 Å². The molecule has 3 N–H and O–H groups in total. The van der Waals surface area contributed by atoms with Gasteiger partial charge >= 0.3 is 0 Å². The topological polar surface area (TPSA) is 77.8 Å². The minimum Gasteiger partial charge on any atom is -0.390 e. The van der Waals surface area contributed by atoms with E-state index in [-0.39, 0.29) is 12.8 Å². The molecule has 0 saturated heterocycles. The highest BCUT2D eigenvalue weighted by molar-refractivity contribution is 5.84. The van der Waals surface area contributed by atoms with Crippen molar-refractivity contribution in [2.75, 3.05) is 0 Å². The molecule has 4 nitrogen and oxygen atoms in total. The number of hydrogen-bond donors (Lipinski definition) is 3. The molecule has 0 heterocycles.